The van der Waals surface area contributed by atoms with Gasteiger partial charge in [0.25, 0.3) is 0 Å². The van der Waals surface area contributed by atoms with Crippen LogP contribution in [0.1, 0.15) is 21.5 Å². The molecule has 1 fully saturated rings. The van der Waals surface area contributed by atoms with E-state index in [2.05, 4.69) is 5.32 Å². The van der Waals surface area contributed by atoms with Crippen LogP contribution in [0.2, 0.25) is 0 Å². The minimum atomic E-state index is -1.26. The highest BCUT2D eigenvalue weighted by Crippen LogP contribution is 2.26. The zero-order valence-corrected chi connectivity index (χ0v) is 21.0. The van der Waals surface area contributed by atoms with E-state index in [0.29, 0.717) is 5.56 Å². The second-order valence-electron chi connectivity index (χ2n) is 8.73. The van der Waals surface area contributed by atoms with Crippen molar-refractivity contribution in [3.8, 4) is 0 Å². The fraction of sp³-hybridized carbons (Fsp3) is 0.310. The van der Waals surface area contributed by atoms with Gasteiger partial charge in [-0.25, -0.2) is 9.59 Å². The Hall–Kier alpha value is -3.76. The van der Waals surface area contributed by atoms with Crippen molar-refractivity contribution in [1.82, 2.24) is 5.32 Å². The SMILES string of the molecule is COC1OC(COC(=O)c2ccccc2)C(O)C(OCc2ccccc2)C1NC(=O)OCc1ccccc1. The fourth-order valence-electron chi connectivity index (χ4n) is 4.09. The number of hydrogen-bond donors (Lipinski definition) is 2. The maximum atomic E-state index is 12.7. The van der Waals surface area contributed by atoms with Crippen LogP contribution >= 0.6 is 0 Å². The number of nitrogens with one attached hydrogen (secondary N) is 1. The molecule has 0 spiro atoms. The third kappa shape index (κ3) is 7.39. The second-order valence-corrected chi connectivity index (χ2v) is 8.73. The number of esters is 1. The van der Waals surface area contributed by atoms with E-state index in [1.54, 1.807) is 30.3 Å². The molecule has 1 aliphatic heterocycles. The summed E-state index contributed by atoms with van der Waals surface area (Å²) in [6, 6.07) is 26.2. The van der Waals surface area contributed by atoms with Crippen molar-refractivity contribution in [3.63, 3.8) is 0 Å². The summed E-state index contributed by atoms with van der Waals surface area (Å²) in [7, 11) is 1.41. The normalized spacial score (nSPS) is 22.8. The molecule has 3 aromatic rings. The summed E-state index contributed by atoms with van der Waals surface area (Å²) < 4.78 is 28.2. The number of hydrogen-bond acceptors (Lipinski definition) is 8. The zero-order chi connectivity index (χ0) is 26.7. The first-order chi connectivity index (χ1) is 18.5. The lowest BCUT2D eigenvalue weighted by atomic mass is 9.96. The Balaban J connectivity index is 1.45. The summed E-state index contributed by atoms with van der Waals surface area (Å²) in [6.07, 6.45) is -4.92. The number of aliphatic hydroxyl groups is 1. The van der Waals surface area contributed by atoms with Gasteiger partial charge in [-0.2, -0.15) is 0 Å². The van der Waals surface area contributed by atoms with Crippen molar-refractivity contribution < 1.29 is 38.4 Å². The summed E-state index contributed by atoms with van der Waals surface area (Å²) in [5.41, 5.74) is 2.07. The second kappa shape index (κ2) is 13.7. The quantitative estimate of drug-likeness (QED) is 0.390. The van der Waals surface area contributed by atoms with E-state index in [0.717, 1.165) is 11.1 Å². The highest BCUT2D eigenvalue weighted by atomic mass is 16.7. The predicted molar refractivity (Wildman–Crippen MR) is 137 cm³/mol. The molecule has 3 aromatic carbocycles. The minimum Gasteiger partial charge on any atom is -0.459 e. The number of methoxy groups -OCH3 is 1. The average molecular weight is 522 g/mol. The lowest BCUT2D eigenvalue weighted by Gasteiger charge is -2.43. The van der Waals surface area contributed by atoms with Gasteiger partial charge in [0.05, 0.1) is 12.2 Å². The largest absolute Gasteiger partial charge is 0.459 e. The van der Waals surface area contributed by atoms with Crippen LogP contribution in [0.3, 0.4) is 0 Å². The van der Waals surface area contributed by atoms with Gasteiger partial charge in [-0.15, -0.1) is 0 Å². The Morgan fingerprint density at radius 3 is 2.03 bits per heavy atom. The summed E-state index contributed by atoms with van der Waals surface area (Å²) in [5, 5.41) is 13.9. The topological polar surface area (TPSA) is 113 Å². The summed E-state index contributed by atoms with van der Waals surface area (Å²) in [6.45, 7) is -0.0219. The smallest absolute Gasteiger partial charge is 0.407 e. The first-order valence-electron chi connectivity index (χ1n) is 12.3. The maximum absolute atomic E-state index is 12.7. The molecule has 5 unspecified atom stereocenters. The standard InChI is InChI=1S/C29H31NO8/c1-34-28-24(30-29(33)37-18-21-13-7-3-8-14-21)26(35-17-20-11-5-2-6-12-20)25(31)23(38-28)19-36-27(32)22-15-9-4-10-16-22/h2-16,23-26,28,31H,17-19H2,1H3,(H,30,33). The third-order valence-electron chi connectivity index (χ3n) is 6.08. The number of rotatable bonds is 10. The van der Waals surface area contributed by atoms with Crippen molar-refractivity contribution >= 4 is 12.1 Å². The van der Waals surface area contributed by atoms with Gasteiger partial charge in [-0.05, 0) is 23.3 Å². The van der Waals surface area contributed by atoms with E-state index >= 15 is 0 Å². The average Bonchev–Trinajstić information content (AvgIpc) is 2.97. The molecule has 4 rings (SSSR count). The molecular weight excluding hydrogens is 490 g/mol. The number of amides is 1. The van der Waals surface area contributed by atoms with Gasteiger partial charge >= 0.3 is 12.1 Å². The van der Waals surface area contributed by atoms with Gasteiger partial charge in [-0.1, -0.05) is 78.9 Å². The number of benzene rings is 3. The molecule has 1 saturated heterocycles. The number of carbonyl (C=O) groups is 2. The molecule has 5 atom stereocenters. The molecule has 1 heterocycles. The summed E-state index contributed by atoms with van der Waals surface area (Å²) in [4.78, 5) is 25.1. The molecule has 1 amide bonds. The van der Waals surface area contributed by atoms with E-state index in [9.17, 15) is 14.7 Å². The van der Waals surface area contributed by atoms with Gasteiger partial charge in [0.2, 0.25) is 0 Å². The minimum absolute atomic E-state index is 0.0635. The van der Waals surface area contributed by atoms with E-state index in [-0.39, 0.29) is 19.8 Å². The van der Waals surface area contributed by atoms with Crippen molar-refractivity contribution in [2.24, 2.45) is 0 Å². The van der Waals surface area contributed by atoms with Crippen molar-refractivity contribution in [1.29, 1.82) is 0 Å². The van der Waals surface area contributed by atoms with E-state index in [1.807, 2.05) is 60.7 Å². The van der Waals surface area contributed by atoms with Crippen LogP contribution < -0.4 is 5.32 Å². The van der Waals surface area contributed by atoms with Crippen LogP contribution in [0.4, 0.5) is 4.79 Å². The van der Waals surface area contributed by atoms with Crippen molar-refractivity contribution in [2.45, 2.75) is 43.9 Å². The molecule has 9 nitrogen and oxygen atoms in total. The number of ether oxygens (including phenoxy) is 5. The van der Waals surface area contributed by atoms with Crippen molar-refractivity contribution in [2.75, 3.05) is 13.7 Å². The van der Waals surface area contributed by atoms with Gasteiger partial charge in [0.15, 0.2) is 6.29 Å². The highest BCUT2D eigenvalue weighted by Gasteiger charge is 2.47. The molecule has 38 heavy (non-hydrogen) atoms. The van der Waals surface area contributed by atoms with Gasteiger partial charge in [0, 0.05) is 7.11 Å². The monoisotopic (exact) mass is 521 g/mol. The Kier molecular flexibility index (Phi) is 9.83. The van der Waals surface area contributed by atoms with Gasteiger partial charge < -0.3 is 34.1 Å². The molecule has 9 heteroatoms. The van der Waals surface area contributed by atoms with Crippen LogP contribution in [0, 0.1) is 0 Å². The fourth-order valence-corrected chi connectivity index (χ4v) is 4.09. The van der Waals surface area contributed by atoms with Gasteiger partial charge in [0.1, 0.15) is 37.6 Å². The molecule has 2 N–H and O–H groups in total. The molecule has 0 aliphatic carbocycles. The number of alkyl carbamates (subject to hydrolysis) is 1. The first-order valence-corrected chi connectivity index (χ1v) is 12.3. The molecule has 0 saturated carbocycles. The molecule has 0 aromatic heterocycles. The molecule has 0 bridgehead atoms. The Bertz CT molecular complexity index is 1150. The molecule has 200 valence electrons. The van der Waals surface area contributed by atoms with Crippen LogP contribution in [-0.4, -0.2) is 61.5 Å². The summed E-state index contributed by atoms with van der Waals surface area (Å²) >= 11 is 0. The lowest BCUT2D eigenvalue weighted by Crippen LogP contribution is -2.65. The number of aliphatic hydroxyl groups excluding tert-OH is 1. The molecule has 1 aliphatic rings. The van der Waals surface area contributed by atoms with E-state index in [1.165, 1.54) is 7.11 Å². The Labute approximate surface area is 221 Å². The highest BCUT2D eigenvalue weighted by molar-refractivity contribution is 5.89. The lowest BCUT2D eigenvalue weighted by molar-refractivity contribution is -0.271. The number of carbonyl (C=O) groups excluding carboxylic acids is 2. The van der Waals surface area contributed by atoms with E-state index < -0.39 is 42.7 Å². The van der Waals surface area contributed by atoms with Crippen LogP contribution in [0.15, 0.2) is 91.0 Å². The predicted octanol–water partition coefficient (Wildman–Crippen LogP) is 3.46. The molecular formula is C29H31NO8. The zero-order valence-electron chi connectivity index (χ0n) is 21.0. The van der Waals surface area contributed by atoms with Crippen LogP contribution in [0.25, 0.3) is 0 Å². The molecule has 0 radical (unpaired) electrons. The van der Waals surface area contributed by atoms with Crippen LogP contribution in [0.5, 0.6) is 0 Å². The van der Waals surface area contributed by atoms with Crippen LogP contribution in [-0.2, 0) is 36.9 Å². The Morgan fingerprint density at radius 1 is 0.842 bits per heavy atom. The maximum Gasteiger partial charge on any atom is 0.407 e. The summed E-state index contributed by atoms with van der Waals surface area (Å²) in [5.74, 6) is -0.554. The van der Waals surface area contributed by atoms with Crippen molar-refractivity contribution in [3.05, 3.63) is 108 Å². The third-order valence-corrected chi connectivity index (χ3v) is 6.08. The van der Waals surface area contributed by atoms with Gasteiger partial charge in [-0.3, -0.25) is 0 Å². The Morgan fingerprint density at radius 2 is 1.42 bits per heavy atom. The first kappa shape index (κ1) is 27.3. The van der Waals surface area contributed by atoms with E-state index in [4.69, 9.17) is 23.7 Å².